The number of piperazine rings is 1. The number of benzene rings is 1. The monoisotopic (exact) mass is 366 g/mol. The molecule has 6 nitrogen and oxygen atoms in total. The van der Waals surface area contributed by atoms with Crippen molar-refractivity contribution in [3.63, 3.8) is 0 Å². The molecule has 0 aromatic heterocycles. The molecule has 2 fully saturated rings. The first kappa shape index (κ1) is 17.1. The number of nitrogens with zero attached hydrogens (tertiary/aromatic N) is 2. The molecular formula is C18H26N2O4S. The summed E-state index contributed by atoms with van der Waals surface area (Å²) >= 11 is 0. The van der Waals surface area contributed by atoms with Gasteiger partial charge in [-0.25, -0.2) is 8.42 Å². The molecule has 0 saturated carbocycles. The van der Waals surface area contributed by atoms with Crippen LogP contribution in [0.1, 0.15) is 32.6 Å². The summed E-state index contributed by atoms with van der Waals surface area (Å²) < 4.78 is 39.5. The molecule has 3 aliphatic heterocycles. The molecule has 1 aromatic rings. The molecule has 3 aliphatic rings. The SMILES string of the molecule is C[C@@H]1CN2CCCC[C@H]2CN1S(=O)(=O)c1ccc2c(c1)OCCCO2. The van der Waals surface area contributed by atoms with E-state index in [0.29, 0.717) is 42.2 Å². The Hall–Kier alpha value is -1.31. The van der Waals surface area contributed by atoms with Gasteiger partial charge in [-0.2, -0.15) is 4.31 Å². The highest BCUT2D eigenvalue weighted by Gasteiger charge is 2.39. The van der Waals surface area contributed by atoms with Crippen molar-refractivity contribution in [1.29, 1.82) is 0 Å². The minimum atomic E-state index is -3.54. The summed E-state index contributed by atoms with van der Waals surface area (Å²) in [7, 11) is -3.54. The summed E-state index contributed by atoms with van der Waals surface area (Å²) in [6.07, 6.45) is 4.29. The van der Waals surface area contributed by atoms with E-state index in [1.807, 2.05) is 6.92 Å². The van der Waals surface area contributed by atoms with E-state index in [-0.39, 0.29) is 6.04 Å². The van der Waals surface area contributed by atoms with Gasteiger partial charge in [0.25, 0.3) is 0 Å². The maximum absolute atomic E-state index is 13.3. The van der Waals surface area contributed by atoms with Crippen LogP contribution in [0.15, 0.2) is 23.1 Å². The van der Waals surface area contributed by atoms with Gasteiger partial charge in [0.1, 0.15) is 0 Å². The molecule has 0 amide bonds. The number of piperidine rings is 1. The smallest absolute Gasteiger partial charge is 0.243 e. The molecule has 0 radical (unpaired) electrons. The van der Waals surface area contributed by atoms with Crippen LogP contribution in [-0.4, -0.2) is 62.6 Å². The Kier molecular flexibility index (Phi) is 4.64. The summed E-state index contributed by atoms with van der Waals surface area (Å²) in [5, 5.41) is 0. The van der Waals surface area contributed by atoms with Crippen LogP contribution >= 0.6 is 0 Å². The van der Waals surface area contributed by atoms with Crippen molar-refractivity contribution in [3.8, 4) is 11.5 Å². The van der Waals surface area contributed by atoms with E-state index in [1.54, 1.807) is 22.5 Å². The van der Waals surface area contributed by atoms with Crippen LogP contribution in [0.25, 0.3) is 0 Å². The van der Waals surface area contributed by atoms with Gasteiger partial charge in [-0.05, 0) is 38.4 Å². The standard InChI is InChI=1S/C18H26N2O4S/c1-14-12-19-8-3-2-5-15(19)13-20(14)25(21,22)16-6-7-17-18(11-16)24-10-4-9-23-17/h6-7,11,14-15H,2-5,8-10,12-13H2,1H3/t14-,15+/m1/s1. The minimum Gasteiger partial charge on any atom is -0.490 e. The molecule has 2 saturated heterocycles. The van der Waals surface area contributed by atoms with E-state index in [9.17, 15) is 8.42 Å². The number of hydrogen-bond acceptors (Lipinski definition) is 5. The Labute approximate surface area is 149 Å². The van der Waals surface area contributed by atoms with Crippen LogP contribution in [0, 0.1) is 0 Å². The van der Waals surface area contributed by atoms with Crippen LogP contribution in [0.5, 0.6) is 11.5 Å². The Morgan fingerprint density at radius 1 is 1.04 bits per heavy atom. The number of hydrogen-bond donors (Lipinski definition) is 0. The fourth-order valence-corrected chi connectivity index (χ4v) is 5.78. The first-order valence-corrected chi connectivity index (χ1v) is 10.7. The highest BCUT2D eigenvalue weighted by Crippen LogP contribution is 2.34. The quantitative estimate of drug-likeness (QED) is 0.802. The molecule has 3 heterocycles. The topological polar surface area (TPSA) is 59.1 Å². The van der Waals surface area contributed by atoms with E-state index in [0.717, 1.165) is 25.9 Å². The van der Waals surface area contributed by atoms with Gasteiger partial charge in [-0.3, -0.25) is 4.90 Å². The van der Waals surface area contributed by atoms with Gasteiger partial charge in [0.05, 0.1) is 18.1 Å². The third kappa shape index (κ3) is 3.25. The van der Waals surface area contributed by atoms with E-state index in [4.69, 9.17) is 9.47 Å². The Morgan fingerprint density at radius 2 is 1.84 bits per heavy atom. The normalized spacial score (nSPS) is 28.2. The summed E-state index contributed by atoms with van der Waals surface area (Å²) in [5.41, 5.74) is 0. The largest absolute Gasteiger partial charge is 0.490 e. The Morgan fingerprint density at radius 3 is 2.68 bits per heavy atom. The van der Waals surface area contributed by atoms with Gasteiger partial charge in [-0.15, -0.1) is 0 Å². The molecule has 4 rings (SSSR count). The van der Waals surface area contributed by atoms with Crippen molar-refractivity contribution in [2.75, 3.05) is 32.8 Å². The van der Waals surface area contributed by atoms with Gasteiger partial charge in [0.2, 0.25) is 10.0 Å². The van der Waals surface area contributed by atoms with Crippen LogP contribution in [0.4, 0.5) is 0 Å². The highest BCUT2D eigenvalue weighted by molar-refractivity contribution is 7.89. The predicted molar refractivity (Wildman–Crippen MR) is 94.6 cm³/mol. The van der Waals surface area contributed by atoms with Gasteiger partial charge in [0.15, 0.2) is 11.5 Å². The lowest BCUT2D eigenvalue weighted by molar-refractivity contribution is 0.0564. The molecule has 25 heavy (non-hydrogen) atoms. The lowest BCUT2D eigenvalue weighted by Crippen LogP contribution is -2.59. The highest BCUT2D eigenvalue weighted by atomic mass is 32.2. The van der Waals surface area contributed by atoms with E-state index in [2.05, 4.69) is 4.90 Å². The predicted octanol–water partition coefficient (Wildman–Crippen LogP) is 2.10. The van der Waals surface area contributed by atoms with Crippen molar-refractivity contribution in [1.82, 2.24) is 9.21 Å². The lowest BCUT2D eigenvalue weighted by atomic mass is 9.99. The summed E-state index contributed by atoms with van der Waals surface area (Å²) in [6.45, 7) is 5.64. The average Bonchev–Trinajstić information content (AvgIpc) is 2.85. The van der Waals surface area contributed by atoms with Crippen LogP contribution in [0.3, 0.4) is 0 Å². The molecule has 7 heteroatoms. The zero-order valence-corrected chi connectivity index (χ0v) is 15.5. The second-order valence-electron chi connectivity index (χ2n) is 7.23. The van der Waals surface area contributed by atoms with Crippen molar-refractivity contribution in [2.45, 2.75) is 49.6 Å². The summed E-state index contributed by atoms with van der Waals surface area (Å²) in [5.74, 6) is 1.16. The van der Waals surface area contributed by atoms with Crippen molar-refractivity contribution in [2.24, 2.45) is 0 Å². The minimum absolute atomic E-state index is 0.0182. The molecule has 1 aromatic carbocycles. The average molecular weight is 366 g/mol. The Bertz CT molecular complexity index is 737. The molecule has 2 atom stereocenters. The van der Waals surface area contributed by atoms with Gasteiger partial charge in [-0.1, -0.05) is 6.42 Å². The molecule has 0 N–H and O–H groups in total. The number of rotatable bonds is 2. The molecule has 0 unspecified atom stereocenters. The van der Waals surface area contributed by atoms with E-state index >= 15 is 0 Å². The second kappa shape index (κ2) is 6.78. The summed E-state index contributed by atoms with van der Waals surface area (Å²) in [4.78, 5) is 2.75. The van der Waals surface area contributed by atoms with Crippen molar-refractivity contribution < 1.29 is 17.9 Å². The number of ether oxygens (including phenoxy) is 2. The molecule has 0 aliphatic carbocycles. The Balaban J connectivity index is 1.61. The van der Waals surface area contributed by atoms with Gasteiger partial charge >= 0.3 is 0 Å². The van der Waals surface area contributed by atoms with E-state index < -0.39 is 10.0 Å². The molecule has 0 spiro atoms. The van der Waals surface area contributed by atoms with Crippen LogP contribution in [0.2, 0.25) is 0 Å². The number of sulfonamides is 1. The first-order chi connectivity index (χ1) is 12.1. The second-order valence-corrected chi connectivity index (χ2v) is 9.12. The third-order valence-electron chi connectivity index (χ3n) is 5.46. The third-order valence-corrected chi connectivity index (χ3v) is 7.43. The summed E-state index contributed by atoms with van der Waals surface area (Å²) in [6, 6.07) is 5.31. The maximum atomic E-state index is 13.3. The van der Waals surface area contributed by atoms with Crippen LogP contribution in [-0.2, 0) is 10.0 Å². The zero-order chi connectivity index (χ0) is 17.4. The van der Waals surface area contributed by atoms with Gasteiger partial charge in [0, 0.05) is 37.7 Å². The number of fused-ring (bicyclic) bond motifs is 2. The lowest BCUT2D eigenvalue weighted by Gasteiger charge is -2.46. The van der Waals surface area contributed by atoms with Gasteiger partial charge < -0.3 is 9.47 Å². The maximum Gasteiger partial charge on any atom is 0.243 e. The zero-order valence-electron chi connectivity index (χ0n) is 14.7. The molecule has 0 bridgehead atoms. The fraction of sp³-hybridized carbons (Fsp3) is 0.667. The fourth-order valence-electron chi connectivity index (χ4n) is 4.10. The van der Waals surface area contributed by atoms with E-state index in [1.165, 1.54) is 12.8 Å². The first-order valence-electron chi connectivity index (χ1n) is 9.21. The van der Waals surface area contributed by atoms with Crippen molar-refractivity contribution in [3.05, 3.63) is 18.2 Å². The molecular weight excluding hydrogens is 340 g/mol. The van der Waals surface area contributed by atoms with Crippen LogP contribution < -0.4 is 9.47 Å². The van der Waals surface area contributed by atoms with Crippen molar-refractivity contribution >= 4 is 10.0 Å². The molecule has 138 valence electrons.